The van der Waals surface area contributed by atoms with Crippen LogP contribution in [0.15, 0.2) is 40.0 Å². The van der Waals surface area contributed by atoms with Crippen molar-refractivity contribution in [3.05, 3.63) is 45.6 Å². The van der Waals surface area contributed by atoms with Gasteiger partial charge in [-0.2, -0.15) is 0 Å². The normalized spacial score (nSPS) is 22.7. The van der Waals surface area contributed by atoms with E-state index in [2.05, 4.69) is 42.5 Å². The van der Waals surface area contributed by atoms with Gasteiger partial charge in [-0.05, 0) is 0 Å². The Labute approximate surface area is 114 Å². The van der Waals surface area contributed by atoms with Gasteiger partial charge in [0.2, 0.25) is 0 Å². The molecule has 0 radical (unpaired) electrons. The van der Waals surface area contributed by atoms with Crippen LogP contribution in [0.5, 0.6) is 0 Å². The molecule has 3 rings (SSSR count). The Morgan fingerprint density at radius 1 is 1.00 bits per heavy atom. The van der Waals surface area contributed by atoms with E-state index in [1.54, 1.807) is 7.23 Å². The summed E-state index contributed by atoms with van der Waals surface area (Å²) in [7, 11) is 0. The summed E-state index contributed by atoms with van der Waals surface area (Å²) in [4.78, 5) is 0. The molecule has 0 saturated heterocycles. The van der Waals surface area contributed by atoms with Crippen LogP contribution in [0.2, 0.25) is 0 Å². The van der Waals surface area contributed by atoms with Crippen LogP contribution in [-0.4, -0.2) is 20.9 Å². The van der Waals surface area contributed by atoms with Crippen molar-refractivity contribution in [1.29, 1.82) is 0 Å². The third-order valence-corrected chi connectivity index (χ3v) is 6.76. The predicted octanol–water partition coefficient (Wildman–Crippen LogP) is 3.51. The third-order valence-electron chi connectivity index (χ3n) is 3.62. The molecule has 1 heteroatoms. The second kappa shape index (κ2) is 5.42. The van der Waals surface area contributed by atoms with E-state index in [1.807, 2.05) is 0 Å². The van der Waals surface area contributed by atoms with Gasteiger partial charge >= 0.3 is 114 Å². The van der Waals surface area contributed by atoms with E-state index in [0.29, 0.717) is 0 Å². The first kappa shape index (κ1) is 11.6. The summed E-state index contributed by atoms with van der Waals surface area (Å²) in [6.45, 7) is 0. The molecule has 0 N–H and O–H groups in total. The molecule has 1 fully saturated rings. The molecular formula is C16H18Te. The van der Waals surface area contributed by atoms with Crippen LogP contribution in [-0.2, 0) is 0 Å². The maximum absolute atomic E-state index is 2.59. The molecule has 0 atom stereocenters. The molecule has 0 nitrogen and oxygen atoms in total. The Morgan fingerprint density at radius 2 is 1.82 bits per heavy atom. The average Bonchev–Trinajstić information content (AvgIpc) is 2.40. The van der Waals surface area contributed by atoms with Crippen LogP contribution in [0.4, 0.5) is 0 Å². The molecule has 0 spiro atoms. The van der Waals surface area contributed by atoms with Gasteiger partial charge in [-0.15, -0.1) is 0 Å². The topological polar surface area (TPSA) is 0 Å². The molecule has 1 aromatic carbocycles. The third kappa shape index (κ3) is 2.84. The molecule has 0 unspecified atom stereocenters. The van der Waals surface area contributed by atoms with Crippen molar-refractivity contribution in [3.63, 3.8) is 0 Å². The van der Waals surface area contributed by atoms with Crippen molar-refractivity contribution in [2.45, 2.75) is 32.1 Å². The van der Waals surface area contributed by atoms with Gasteiger partial charge in [0.25, 0.3) is 0 Å². The molecule has 0 aromatic heterocycles. The first-order valence-electron chi connectivity index (χ1n) is 6.58. The Balaban J connectivity index is 1.77. The predicted molar refractivity (Wildman–Crippen MR) is 75.5 cm³/mol. The Hall–Kier alpha value is -0.510. The van der Waals surface area contributed by atoms with Crippen LogP contribution in [0.3, 0.4) is 0 Å². The maximum atomic E-state index is 2.59. The summed E-state index contributed by atoms with van der Waals surface area (Å²) in [5.74, 6) is 0.874. The van der Waals surface area contributed by atoms with Gasteiger partial charge < -0.3 is 0 Å². The summed E-state index contributed by atoms with van der Waals surface area (Å²) in [5, 5.41) is 0. The van der Waals surface area contributed by atoms with Gasteiger partial charge in [0.15, 0.2) is 0 Å². The Bertz CT molecular complexity index is 450. The molecule has 0 bridgehead atoms. The van der Waals surface area contributed by atoms with E-state index in [-0.39, 0.29) is 20.9 Å². The van der Waals surface area contributed by atoms with Gasteiger partial charge in [-0.3, -0.25) is 0 Å². The fraction of sp³-hybridized carbons (Fsp3) is 0.375. The SMILES string of the molecule is C1=Cc2ccccc2[Te]/C1=C\C1CCCCC1. The molecule has 1 saturated carbocycles. The van der Waals surface area contributed by atoms with Crippen molar-refractivity contribution in [1.82, 2.24) is 0 Å². The number of benzene rings is 1. The van der Waals surface area contributed by atoms with Crippen LogP contribution < -0.4 is 3.61 Å². The quantitative estimate of drug-likeness (QED) is 0.688. The fourth-order valence-electron chi connectivity index (χ4n) is 2.67. The van der Waals surface area contributed by atoms with Gasteiger partial charge in [-0.1, -0.05) is 0 Å². The summed E-state index contributed by atoms with van der Waals surface area (Å²) < 4.78 is 3.27. The number of rotatable bonds is 1. The molecule has 88 valence electrons. The van der Waals surface area contributed by atoms with E-state index in [1.165, 1.54) is 37.7 Å². The molecule has 1 aliphatic heterocycles. The summed E-state index contributed by atoms with van der Waals surface area (Å²) in [6.07, 6.45) is 14.4. The molecule has 1 heterocycles. The van der Waals surface area contributed by atoms with Crippen LogP contribution >= 0.6 is 0 Å². The Morgan fingerprint density at radius 3 is 2.71 bits per heavy atom. The molecule has 1 aliphatic carbocycles. The second-order valence-corrected chi connectivity index (χ2v) is 8.12. The second-order valence-electron chi connectivity index (χ2n) is 4.94. The molecule has 2 aliphatic rings. The van der Waals surface area contributed by atoms with E-state index in [0.717, 1.165) is 5.92 Å². The van der Waals surface area contributed by atoms with Gasteiger partial charge in [0, 0.05) is 0 Å². The van der Waals surface area contributed by atoms with E-state index >= 15 is 0 Å². The monoisotopic (exact) mass is 340 g/mol. The number of hydrogen-bond donors (Lipinski definition) is 0. The molecule has 0 amide bonds. The van der Waals surface area contributed by atoms with Gasteiger partial charge in [0.05, 0.1) is 0 Å². The minimum atomic E-state index is -0.115. The zero-order chi connectivity index (χ0) is 11.5. The van der Waals surface area contributed by atoms with Crippen molar-refractivity contribution in [2.24, 2.45) is 5.92 Å². The average molecular weight is 338 g/mol. The van der Waals surface area contributed by atoms with Crippen LogP contribution in [0.25, 0.3) is 6.08 Å². The molecule has 17 heavy (non-hydrogen) atoms. The standard InChI is InChI=1S/C16H18Te/c1-2-6-13(7-3-1)12-15-11-10-14-8-4-5-9-16(14)17-15/h4-5,8-13H,1-3,6-7H2/b15-12-. The first-order chi connectivity index (χ1) is 8.42. The minimum absolute atomic E-state index is 0.115. The Kier molecular flexibility index (Phi) is 3.69. The van der Waals surface area contributed by atoms with Gasteiger partial charge in [-0.25, -0.2) is 0 Å². The molecule has 1 aromatic rings. The zero-order valence-electron chi connectivity index (χ0n) is 10.1. The summed E-state index contributed by atoms with van der Waals surface area (Å²) in [6, 6.07) is 8.89. The molecular weight excluding hydrogens is 320 g/mol. The van der Waals surface area contributed by atoms with Crippen LogP contribution in [0, 0.1) is 5.92 Å². The van der Waals surface area contributed by atoms with E-state index in [9.17, 15) is 0 Å². The zero-order valence-corrected chi connectivity index (χ0v) is 12.4. The first-order valence-corrected chi connectivity index (χ1v) is 8.92. The summed E-state index contributed by atoms with van der Waals surface area (Å²) in [5.41, 5.74) is 1.45. The number of hydrogen-bond acceptors (Lipinski definition) is 0. The van der Waals surface area contributed by atoms with E-state index in [4.69, 9.17) is 0 Å². The van der Waals surface area contributed by atoms with Gasteiger partial charge in [0.1, 0.15) is 0 Å². The van der Waals surface area contributed by atoms with Crippen LogP contribution in [0.1, 0.15) is 37.7 Å². The van der Waals surface area contributed by atoms with Crippen molar-refractivity contribution in [2.75, 3.05) is 0 Å². The number of allylic oxidation sites excluding steroid dienone is 3. The fourth-order valence-corrected chi connectivity index (χ4v) is 5.67. The summed E-state index contributed by atoms with van der Waals surface area (Å²) >= 11 is -0.115. The van der Waals surface area contributed by atoms with Crippen molar-refractivity contribution >= 4 is 30.6 Å². The van der Waals surface area contributed by atoms with Crippen molar-refractivity contribution in [3.8, 4) is 0 Å². The van der Waals surface area contributed by atoms with E-state index < -0.39 is 0 Å². The van der Waals surface area contributed by atoms with Crippen molar-refractivity contribution < 1.29 is 0 Å². The number of fused-ring (bicyclic) bond motifs is 1.